The van der Waals surface area contributed by atoms with E-state index in [9.17, 15) is 4.79 Å². The average molecular weight is 372 g/mol. The third kappa shape index (κ3) is 5.37. The van der Waals surface area contributed by atoms with Crippen LogP contribution in [0.5, 0.6) is 23.0 Å². The van der Waals surface area contributed by atoms with Gasteiger partial charge in [0.15, 0.2) is 18.1 Å². The van der Waals surface area contributed by atoms with E-state index in [0.717, 1.165) is 11.1 Å². The summed E-state index contributed by atoms with van der Waals surface area (Å²) in [6.07, 6.45) is 1.49. The Bertz CT molecular complexity index is 808. The minimum Gasteiger partial charge on any atom is -0.493 e. The van der Waals surface area contributed by atoms with E-state index in [1.54, 1.807) is 12.1 Å². The van der Waals surface area contributed by atoms with Gasteiger partial charge in [0.2, 0.25) is 5.75 Å². The van der Waals surface area contributed by atoms with Crippen LogP contribution in [0.15, 0.2) is 35.4 Å². The average Bonchev–Trinajstić information content (AvgIpc) is 2.66. The standard InChI is InChI=1S/C20H24N2O5/c1-13-6-7-16(14(2)8-13)27-12-19(23)22-21-11-15-9-17(24-3)20(26-5)18(10-15)25-4/h6-11H,12H2,1-5H3,(H,22,23)/b21-11-. The number of rotatable bonds is 8. The van der Waals surface area contributed by atoms with Crippen LogP contribution >= 0.6 is 0 Å². The van der Waals surface area contributed by atoms with Crippen LogP contribution in [0.3, 0.4) is 0 Å². The summed E-state index contributed by atoms with van der Waals surface area (Å²) in [5, 5.41) is 3.94. The van der Waals surface area contributed by atoms with E-state index < -0.39 is 0 Å². The zero-order valence-corrected chi connectivity index (χ0v) is 16.2. The molecule has 2 rings (SSSR count). The maximum Gasteiger partial charge on any atom is 0.277 e. The molecule has 0 radical (unpaired) electrons. The molecular weight excluding hydrogens is 348 g/mol. The molecule has 1 amide bonds. The number of carbonyl (C=O) groups is 1. The summed E-state index contributed by atoms with van der Waals surface area (Å²) in [6, 6.07) is 9.22. The summed E-state index contributed by atoms with van der Waals surface area (Å²) >= 11 is 0. The number of nitrogens with one attached hydrogen (secondary N) is 1. The highest BCUT2D eigenvalue weighted by Crippen LogP contribution is 2.37. The van der Waals surface area contributed by atoms with Gasteiger partial charge in [-0.15, -0.1) is 0 Å². The lowest BCUT2D eigenvalue weighted by Gasteiger charge is -2.12. The summed E-state index contributed by atoms with van der Waals surface area (Å²) in [6.45, 7) is 3.81. The van der Waals surface area contributed by atoms with Gasteiger partial charge in [-0.25, -0.2) is 5.43 Å². The van der Waals surface area contributed by atoms with Crippen LogP contribution in [0.2, 0.25) is 0 Å². The highest BCUT2D eigenvalue weighted by molar-refractivity contribution is 5.84. The molecule has 144 valence electrons. The molecule has 0 saturated carbocycles. The van der Waals surface area contributed by atoms with Gasteiger partial charge < -0.3 is 18.9 Å². The van der Waals surface area contributed by atoms with Crippen molar-refractivity contribution >= 4 is 12.1 Å². The van der Waals surface area contributed by atoms with Crippen LogP contribution in [0.25, 0.3) is 0 Å². The van der Waals surface area contributed by atoms with E-state index in [2.05, 4.69) is 10.5 Å². The Hall–Kier alpha value is -3.22. The SMILES string of the molecule is COc1cc(/C=N\NC(=O)COc2ccc(C)cc2C)cc(OC)c1OC. The Balaban J connectivity index is 1.97. The van der Waals surface area contributed by atoms with Gasteiger partial charge in [-0.3, -0.25) is 4.79 Å². The first-order valence-electron chi connectivity index (χ1n) is 8.30. The minimum absolute atomic E-state index is 0.128. The molecule has 0 bridgehead atoms. The molecule has 27 heavy (non-hydrogen) atoms. The summed E-state index contributed by atoms with van der Waals surface area (Å²) < 4.78 is 21.3. The number of amides is 1. The first kappa shape index (κ1) is 20.1. The van der Waals surface area contributed by atoms with Gasteiger partial charge in [-0.2, -0.15) is 5.10 Å². The fraction of sp³-hybridized carbons (Fsp3) is 0.300. The van der Waals surface area contributed by atoms with Crippen molar-refractivity contribution in [2.75, 3.05) is 27.9 Å². The van der Waals surface area contributed by atoms with Gasteiger partial charge in [0.25, 0.3) is 5.91 Å². The molecule has 0 unspecified atom stereocenters. The number of hydrogen-bond acceptors (Lipinski definition) is 6. The largest absolute Gasteiger partial charge is 0.493 e. The lowest BCUT2D eigenvalue weighted by molar-refractivity contribution is -0.123. The molecular formula is C20H24N2O5. The molecule has 1 N–H and O–H groups in total. The maximum atomic E-state index is 11.9. The van der Waals surface area contributed by atoms with Crippen molar-refractivity contribution in [2.45, 2.75) is 13.8 Å². The van der Waals surface area contributed by atoms with Crippen LogP contribution in [0.4, 0.5) is 0 Å². The molecule has 0 aliphatic rings. The van der Waals surface area contributed by atoms with Crippen LogP contribution in [-0.2, 0) is 4.79 Å². The van der Waals surface area contributed by atoms with E-state index >= 15 is 0 Å². The first-order valence-corrected chi connectivity index (χ1v) is 8.30. The van der Waals surface area contributed by atoms with E-state index in [4.69, 9.17) is 18.9 Å². The monoisotopic (exact) mass is 372 g/mol. The molecule has 0 saturated heterocycles. The molecule has 0 aromatic heterocycles. The zero-order chi connectivity index (χ0) is 19.8. The van der Waals surface area contributed by atoms with Gasteiger partial charge in [-0.1, -0.05) is 17.7 Å². The van der Waals surface area contributed by atoms with Crippen molar-refractivity contribution in [3.8, 4) is 23.0 Å². The predicted molar refractivity (Wildman–Crippen MR) is 103 cm³/mol. The molecule has 0 aliphatic heterocycles. The zero-order valence-electron chi connectivity index (χ0n) is 16.2. The third-order valence-corrected chi connectivity index (χ3v) is 3.78. The first-order chi connectivity index (χ1) is 13.0. The maximum absolute atomic E-state index is 11.9. The Morgan fingerprint density at radius 2 is 1.67 bits per heavy atom. The quantitative estimate of drug-likeness (QED) is 0.569. The summed E-state index contributed by atoms with van der Waals surface area (Å²) in [7, 11) is 4.60. The molecule has 0 heterocycles. The Labute approximate surface area is 158 Å². The summed E-state index contributed by atoms with van der Waals surface area (Å²) in [5.74, 6) is 1.80. The lowest BCUT2D eigenvalue weighted by atomic mass is 10.1. The fourth-order valence-electron chi connectivity index (χ4n) is 2.49. The van der Waals surface area contributed by atoms with Crippen LogP contribution in [0, 0.1) is 13.8 Å². The van der Waals surface area contributed by atoms with Crippen molar-refractivity contribution < 1.29 is 23.7 Å². The number of hydrogen-bond donors (Lipinski definition) is 1. The number of benzene rings is 2. The molecule has 0 fully saturated rings. The van der Waals surface area contributed by atoms with Crippen molar-refractivity contribution in [1.82, 2.24) is 5.43 Å². The van der Waals surface area contributed by atoms with E-state index in [-0.39, 0.29) is 12.5 Å². The number of carbonyl (C=O) groups excluding carboxylic acids is 1. The predicted octanol–water partition coefficient (Wildman–Crippen LogP) is 2.86. The van der Waals surface area contributed by atoms with Gasteiger partial charge in [-0.05, 0) is 37.6 Å². The Morgan fingerprint density at radius 1 is 1.00 bits per heavy atom. The second-order valence-corrected chi connectivity index (χ2v) is 5.81. The highest BCUT2D eigenvalue weighted by Gasteiger charge is 2.12. The second kappa shape index (κ2) is 9.47. The number of ether oxygens (including phenoxy) is 4. The molecule has 2 aromatic rings. The number of nitrogens with zero attached hydrogens (tertiary/aromatic N) is 1. The molecule has 7 nitrogen and oxygen atoms in total. The van der Waals surface area contributed by atoms with Crippen LogP contribution in [0.1, 0.15) is 16.7 Å². The van der Waals surface area contributed by atoms with E-state index in [0.29, 0.717) is 28.6 Å². The van der Waals surface area contributed by atoms with Gasteiger partial charge in [0.05, 0.1) is 27.5 Å². The highest BCUT2D eigenvalue weighted by atomic mass is 16.5. The van der Waals surface area contributed by atoms with Gasteiger partial charge in [0, 0.05) is 5.56 Å². The van der Waals surface area contributed by atoms with E-state index in [1.165, 1.54) is 27.5 Å². The van der Waals surface area contributed by atoms with Crippen LogP contribution in [-0.4, -0.2) is 40.1 Å². The smallest absolute Gasteiger partial charge is 0.277 e. The van der Waals surface area contributed by atoms with Crippen molar-refractivity contribution in [3.05, 3.63) is 47.0 Å². The summed E-state index contributed by atoms with van der Waals surface area (Å²) in [4.78, 5) is 11.9. The molecule has 0 atom stereocenters. The van der Waals surface area contributed by atoms with Crippen molar-refractivity contribution in [3.63, 3.8) is 0 Å². The third-order valence-electron chi connectivity index (χ3n) is 3.78. The normalized spacial score (nSPS) is 10.6. The molecule has 2 aromatic carbocycles. The number of methoxy groups -OCH3 is 3. The van der Waals surface area contributed by atoms with Gasteiger partial charge >= 0.3 is 0 Å². The number of hydrazone groups is 1. The van der Waals surface area contributed by atoms with Crippen LogP contribution < -0.4 is 24.4 Å². The topological polar surface area (TPSA) is 78.4 Å². The molecule has 0 aliphatic carbocycles. The summed E-state index contributed by atoms with van der Waals surface area (Å²) in [5.41, 5.74) is 5.22. The van der Waals surface area contributed by atoms with Gasteiger partial charge in [0.1, 0.15) is 5.75 Å². The fourth-order valence-corrected chi connectivity index (χ4v) is 2.49. The van der Waals surface area contributed by atoms with Crippen molar-refractivity contribution in [1.29, 1.82) is 0 Å². The number of aryl methyl sites for hydroxylation is 2. The minimum atomic E-state index is -0.362. The van der Waals surface area contributed by atoms with Crippen molar-refractivity contribution in [2.24, 2.45) is 5.10 Å². The molecule has 0 spiro atoms. The second-order valence-electron chi connectivity index (χ2n) is 5.81. The lowest BCUT2D eigenvalue weighted by Crippen LogP contribution is -2.24. The van der Waals surface area contributed by atoms with E-state index in [1.807, 2.05) is 32.0 Å². The molecule has 7 heteroatoms. The Morgan fingerprint density at radius 3 is 2.22 bits per heavy atom. The Kier molecular flexibility index (Phi) is 7.05.